The van der Waals surface area contributed by atoms with Crippen LogP contribution in [0.15, 0.2) is 60.7 Å². The van der Waals surface area contributed by atoms with Crippen molar-refractivity contribution in [3.8, 4) is 0 Å². The number of carbonyl (C=O) groups is 1. The van der Waals surface area contributed by atoms with Gasteiger partial charge in [0.25, 0.3) is 0 Å². The average molecular weight is 323 g/mol. The molecule has 24 heavy (non-hydrogen) atoms. The average Bonchev–Trinajstić information content (AvgIpc) is 3.04. The van der Waals surface area contributed by atoms with Crippen LogP contribution in [0.1, 0.15) is 42.7 Å². The fourth-order valence-corrected chi connectivity index (χ4v) is 3.56. The highest BCUT2D eigenvalue weighted by Crippen LogP contribution is 2.28. The largest absolute Gasteiger partial charge is 0.393 e. The molecule has 1 fully saturated rings. The van der Waals surface area contributed by atoms with Gasteiger partial charge >= 0.3 is 0 Å². The molecular weight excluding hydrogens is 298 g/mol. The normalized spacial score (nSPS) is 20.2. The van der Waals surface area contributed by atoms with E-state index in [1.165, 1.54) is 0 Å². The second-order valence-corrected chi connectivity index (χ2v) is 6.64. The highest BCUT2D eigenvalue weighted by Gasteiger charge is 2.26. The van der Waals surface area contributed by atoms with Crippen LogP contribution in [-0.4, -0.2) is 23.7 Å². The van der Waals surface area contributed by atoms with E-state index in [0.29, 0.717) is 13.0 Å². The molecular formula is C21H25NO2. The topological polar surface area (TPSA) is 49.3 Å². The SMILES string of the molecule is O=C(CC(c1ccccc1)c1ccccc1)NCC1CCCC1O. The third-order valence-corrected chi connectivity index (χ3v) is 4.97. The third kappa shape index (κ3) is 4.24. The van der Waals surface area contributed by atoms with E-state index < -0.39 is 0 Å². The smallest absolute Gasteiger partial charge is 0.220 e. The van der Waals surface area contributed by atoms with Crippen LogP contribution in [-0.2, 0) is 4.79 Å². The highest BCUT2D eigenvalue weighted by molar-refractivity contribution is 5.77. The van der Waals surface area contributed by atoms with Gasteiger partial charge in [-0.1, -0.05) is 67.1 Å². The van der Waals surface area contributed by atoms with E-state index in [0.717, 1.165) is 30.4 Å². The maximum atomic E-state index is 12.5. The monoisotopic (exact) mass is 323 g/mol. The Kier molecular flexibility index (Phi) is 5.65. The van der Waals surface area contributed by atoms with E-state index in [2.05, 4.69) is 29.6 Å². The Hall–Kier alpha value is -2.13. The van der Waals surface area contributed by atoms with Crippen molar-refractivity contribution in [1.29, 1.82) is 0 Å². The Labute approximate surface area is 143 Å². The van der Waals surface area contributed by atoms with Gasteiger partial charge in [-0.2, -0.15) is 0 Å². The number of carbonyl (C=O) groups excluding carboxylic acids is 1. The van der Waals surface area contributed by atoms with Crippen LogP contribution in [0, 0.1) is 5.92 Å². The Morgan fingerprint density at radius 1 is 1.00 bits per heavy atom. The molecule has 1 saturated carbocycles. The van der Waals surface area contributed by atoms with Crippen molar-refractivity contribution in [3.05, 3.63) is 71.8 Å². The third-order valence-electron chi connectivity index (χ3n) is 4.97. The summed E-state index contributed by atoms with van der Waals surface area (Å²) in [5.41, 5.74) is 2.31. The maximum absolute atomic E-state index is 12.5. The van der Waals surface area contributed by atoms with E-state index in [1.807, 2.05) is 36.4 Å². The molecule has 2 aromatic carbocycles. The van der Waals surface area contributed by atoms with Gasteiger partial charge in [0, 0.05) is 24.8 Å². The van der Waals surface area contributed by atoms with Gasteiger partial charge < -0.3 is 10.4 Å². The second-order valence-electron chi connectivity index (χ2n) is 6.64. The van der Waals surface area contributed by atoms with Crippen LogP contribution < -0.4 is 5.32 Å². The van der Waals surface area contributed by atoms with E-state index in [9.17, 15) is 9.90 Å². The minimum absolute atomic E-state index is 0.0480. The zero-order valence-electron chi connectivity index (χ0n) is 13.9. The number of hydrogen-bond donors (Lipinski definition) is 2. The minimum Gasteiger partial charge on any atom is -0.393 e. The highest BCUT2D eigenvalue weighted by atomic mass is 16.3. The molecule has 3 rings (SSSR count). The van der Waals surface area contributed by atoms with Crippen molar-refractivity contribution >= 4 is 5.91 Å². The molecule has 1 aliphatic carbocycles. The number of rotatable bonds is 6. The van der Waals surface area contributed by atoms with Crippen molar-refractivity contribution < 1.29 is 9.90 Å². The molecule has 2 aromatic rings. The Morgan fingerprint density at radius 3 is 2.08 bits per heavy atom. The van der Waals surface area contributed by atoms with E-state index in [4.69, 9.17) is 0 Å². The van der Waals surface area contributed by atoms with Gasteiger partial charge in [-0.3, -0.25) is 4.79 Å². The van der Waals surface area contributed by atoms with Crippen LogP contribution in [0.5, 0.6) is 0 Å². The van der Waals surface area contributed by atoms with Gasteiger partial charge in [0.2, 0.25) is 5.91 Å². The number of amides is 1. The fourth-order valence-electron chi connectivity index (χ4n) is 3.56. The van der Waals surface area contributed by atoms with E-state index in [-0.39, 0.29) is 23.8 Å². The molecule has 3 heteroatoms. The predicted octanol–water partition coefficient (Wildman–Crippen LogP) is 3.49. The lowest BCUT2D eigenvalue weighted by atomic mass is 9.88. The molecule has 0 spiro atoms. The quantitative estimate of drug-likeness (QED) is 0.855. The lowest BCUT2D eigenvalue weighted by Gasteiger charge is -2.19. The summed E-state index contributed by atoms with van der Waals surface area (Å²) in [4.78, 5) is 12.5. The van der Waals surface area contributed by atoms with Crippen molar-refractivity contribution in [3.63, 3.8) is 0 Å². The van der Waals surface area contributed by atoms with Gasteiger partial charge in [0.15, 0.2) is 0 Å². The molecule has 2 atom stereocenters. The van der Waals surface area contributed by atoms with E-state index in [1.54, 1.807) is 0 Å². The number of aliphatic hydroxyl groups is 1. The number of aliphatic hydroxyl groups excluding tert-OH is 1. The van der Waals surface area contributed by atoms with Gasteiger partial charge in [0.1, 0.15) is 0 Å². The van der Waals surface area contributed by atoms with Gasteiger partial charge in [-0.25, -0.2) is 0 Å². The number of nitrogens with one attached hydrogen (secondary N) is 1. The summed E-state index contributed by atoms with van der Waals surface area (Å²) in [5.74, 6) is 0.313. The van der Waals surface area contributed by atoms with Gasteiger partial charge in [0.05, 0.1) is 6.10 Å². The molecule has 126 valence electrons. The van der Waals surface area contributed by atoms with Crippen LogP contribution in [0.3, 0.4) is 0 Å². The van der Waals surface area contributed by atoms with Crippen LogP contribution in [0.2, 0.25) is 0 Å². The summed E-state index contributed by atoms with van der Waals surface area (Å²) in [6, 6.07) is 20.3. The molecule has 0 heterocycles. The van der Waals surface area contributed by atoms with Gasteiger partial charge in [-0.15, -0.1) is 0 Å². The molecule has 1 aliphatic rings. The zero-order chi connectivity index (χ0) is 16.8. The van der Waals surface area contributed by atoms with Gasteiger partial charge in [-0.05, 0) is 24.0 Å². The molecule has 2 N–H and O–H groups in total. The Morgan fingerprint density at radius 2 is 1.58 bits per heavy atom. The molecule has 0 saturated heterocycles. The first-order valence-electron chi connectivity index (χ1n) is 8.78. The molecule has 3 nitrogen and oxygen atoms in total. The Bertz CT molecular complexity index is 602. The van der Waals surface area contributed by atoms with Crippen molar-refractivity contribution in [2.24, 2.45) is 5.92 Å². The van der Waals surface area contributed by atoms with E-state index >= 15 is 0 Å². The van der Waals surface area contributed by atoms with Crippen molar-refractivity contribution in [2.45, 2.75) is 37.7 Å². The van der Waals surface area contributed by atoms with Crippen molar-refractivity contribution in [1.82, 2.24) is 5.32 Å². The molecule has 0 aliphatic heterocycles. The summed E-state index contributed by atoms with van der Waals surface area (Å²) < 4.78 is 0. The molecule has 0 bridgehead atoms. The fraction of sp³-hybridized carbons (Fsp3) is 0.381. The summed E-state index contributed by atoms with van der Waals surface area (Å²) in [7, 11) is 0. The minimum atomic E-state index is -0.260. The predicted molar refractivity (Wildman–Crippen MR) is 95.7 cm³/mol. The lowest BCUT2D eigenvalue weighted by Crippen LogP contribution is -2.33. The first-order valence-corrected chi connectivity index (χ1v) is 8.78. The van der Waals surface area contributed by atoms with Crippen LogP contribution in [0.4, 0.5) is 0 Å². The second kappa shape index (κ2) is 8.11. The maximum Gasteiger partial charge on any atom is 0.220 e. The van der Waals surface area contributed by atoms with Crippen LogP contribution >= 0.6 is 0 Å². The first kappa shape index (κ1) is 16.7. The molecule has 0 aromatic heterocycles. The van der Waals surface area contributed by atoms with Crippen molar-refractivity contribution in [2.75, 3.05) is 6.54 Å². The summed E-state index contributed by atoms with van der Waals surface area (Å²) in [6.07, 6.45) is 3.08. The molecule has 0 radical (unpaired) electrons. The zero-order valence-corrected chi connectivity index (χ0v) is 13.9. The lowest BCUT2D eigenvalue weighted by molar-refractivity contribution is -0.121. The molecule has 1 amide bonds. The first-order chi connectivity index (χ1) is 11.7. The number of hydrogen-bond acceptors (Lipinski definition) is 2. The summed E-state index contributed by atoms with van der Waals surface area (Å²) in [5, 5.41) is 12.9. The standard InChI is InChI=1S/C21H25NO2/c23-20-13-7-12-18(20)15-22-21(24)14-19(16-8-3-1-4-9-16)17-10-5-2-6-11-17/h1-6,8-11,18-20,23H,7,12-15H2,(H,22,24). The number of benzene rings is 2. The Balaban J connectivity index is 1.66. The van der Waals surface area contributed by atoms with Crippen LogP contribution in [0.25, 0.3) is 0 Å². The summed E-state index contributed by atoms with van der Waals surface area (Å²) in [6.45, 7) is 0.580. The molecule has 2 unspecified atom stereocenters. The summed E-state index contributed by atoms with van der Waals surface area (Å²) >= 11 is 0.